The molecule has 0 bridgehead atoms. The molecule has 0 heterocycles. The second-order valence-electron chi connectivity index (χ2n) is 6.74. The van der Waals surface area contributed by atoms with Gasteiger partial charge in [0.25, 0.3) is 0 Å². The quantitative estimate of drug-likeness (QED) is 0.428. The zero-order valence-corrected chi connectivity index (χ0v) is 14.3. The van der Waals surface area contributed by atoms with E-state index in [9.17, 15) is 0 Å². The molecule has 1 aliphatic rings. The van der Waals surface area contributed by atoms with Gasteiger partial charge in [0.05, 0.1) is 0 Å². The molecule has 122 valence electrons. The van der Waals surface area contributed by atoms with E-state index < -0.39 is 0 Å². The second-order valence-corrected chi connectivity index (χ2v) is 6.74. The van der Waals surface area contributed by atoms with Gasteiger partial charge >= 0.3 is 0 Å². The Morgan fingerprint density at radius 3 is 0.810 bits per heavy atom. The van der Waals surface area contributed by atoms with Crippen LogP contribution in [-0.4, -0.2) is 0 Å². The van der Waals surface area contributed by atoms with Crippen LogP contribution in [0.1, 0.15) is 109 Å². The van der Waals surface area contributed by atoms with Crippen molar-refractivity contribution >= 4 is 0 Å². The average Bonchev–Trinajstić information content (AvgIpc) is 2.50. The van der Waals surface area contributed by atoms with Crippen LogP contribution in [0.4, 0.5) is 0 Å². The van der Waals surface area contributed by atoms with E-state index in [0.717, 1.165) is 0 Å². The Morgan fingerprint density at radius 2 is 0.524 bits per heavy atom. The molecule has 0 aliphatic heterocycles. The van der Waals surface area contributed by atoms with Crippen molar-refractivity contribution in [3.63, 3.8) is 0 Å². The van der Waals surface area contributed by atoms with Gasteiger partial charge in [0.1, 0.15) is 0 Å². The van der Waals surface area contributed by atoms with Crippen LogP contribution in [-0.2, 0) is 0 Å². The smallest absolute Gasteiger partial charge is 0.0348 e. The Bertz CT molecular complexity index is 223. The fourth-order valence-electron chi connectivity index (χ4n) is 3.17. The first-order chi connectivity index (χ1) is 10.5. The van der Waals surface area contributed by atoms with Gasteiger partial charge in [-0.2, -0.15) is 0 Å². The monoisotopic (exact) mass is 290 g/mol. The predicted octanol–water partition coefficient (Wildman–Crippen LogP) is 7.74. The molecule has 0 aromatic carbocycles. The summed E-state index contributed by atoms with van der Waals surface area (Å²) in [7, 11) is 0. The SMILES string of the molecule is C1=CCCCCCCCCCCCCCCCCC/C=C/1. The van der Waals surface area contributed by atoms with Crippen LogP contribution in [0.5, 0.6) is 0 Å². The van der Waals surface area contributed by atoms with Gasteiger partial charge in [-0.25, -0.2) is 0 Å². The number of allylic oxidation sites excluding steroid dienone is 4. The third-order valence-corrected chi connectivity index (χ3v) is 4.62. The van der Waals surface area contributed by atoms with E-state index in [1.165, 1.54) is 109 Å². The van der Waals surface area contributed by atoms with E-state index in [4.69, 9.17) is 0 Å². The second kappa shape index (κ2) is 15.9. The van der Waals surface area contributed by atoms with Gasteiger partial charge in [0, 0.05) is 0 Å². The first-order valence-corrected chi connectivity index (χ1v) is 9.82. The van der Waals surface area contributed by atoms with Crippen LogP contribution in [0.15, 0.2) is 24.3 Å². The lowest BCUT2D eigenvalue weighted by Crippen LogP contribution is -1.83. The van der Waals surface area contributed by atoms with Gasteiger partial charge in [-0.3, -0.25) is 0 Å². The Labute approximate surface area is 134 Å². The molecule has 1 aliphatic carbocycles. The molecule has 0 heteroatoms. The molecule has 0 amide bonds. The van der Waals surface area contributed by atoms with E-state index in [0.29, 0.717) is 0 Å². The molecule has 0 fully saturated rings. The van der Waals surface area contributed by atoms with Gasteiger partial charge in [0.2, 0.25) is 0 Å². The van der Waals surface area contributed by atoms with Crippen LogP contribution in [0.2, 0.25) is 0 Å². The molecule has 0 unspecified atom stereocenters. The molecule has 0 saturated heterocycles. The maximum Gasteiger partial charge on any atom is -0.0348 e. The third-order valence-electron chi connectivity index (χ3n) is 4.62. The maximum absolute atomic E-state index is 2.35. The topological polar surface area (TPSA) is 0 Å². The lowest BCUT2D eigenvalue weighted by molar-refractivity contribution is 0.531. The van der Waals surface area contributed by atoms with Crippen molar-refractivity contribution in [2.75, 3.05) is 0 Å². The van der Waals surface area contributed by atoms with Crippen molar-refractivity contribution in [3.05, 3.63) is 24.3 Å². The van der Waals surface area contributed by atoms with Crippen LogP contribution in [0.25, 0.3) is 0 Å². The molecule has 0 atom stereocenters. The summed E-state index contributed by atoms with van der Waals surface area (Å²) in [6.07, 6.45) is 33.5. The fraction of sp³-hybridized carbons (Fsp3) is 0.810. The highest BCUT2D eigenvalue weighted by molar-refractivity contribution is 5.02. The van der Waals surface area contributed by atoms with E-state index in [2.05, 4.69) is 24.3 Å². The van der Waals surface area contributed by atoms with Crippen molar-refractivity contribution in [1.29, 1.82) is 0 Å². The van der Waals surface area contributed by atoms with Crippen LogP contribution < -0.4 is 0 Å². The minimum Gasteiger partial charge on any atom is -0.0845 e. The van der Waals surface area contributed by atoms with Crippen LogP contribution in [0, 0.1) is 0 Å². The lowest BCUT2D eigenvalue weighted by Gasteiger charge is -2.03. The normalized spacial score (nSPS) is 24.0. The Kier molecular flexibility index (Phi) is 14.0. The summed E-state index contributed by atoms with van der Waals surface area (Å²) >= 11 is 0. The molecule has 0 spiro atoms. The van der Waals surface area contributed by atoms with Crippen molar-refractivity contribution < 1.29 is 0 Å². The van der Waals surface area contributed by atoms with Gasteiger partial charge in [-0.1, -0.05) is 108 Å². The van der Waals surface area contributed by atoms with Crippen LogP contribution in [0.3, 0.4) is 0 Å². The summed E-state index contributed by atoms with van der Waals surface area (Å²) < 4.78 is 0. The molecule has 0 radical (unpaired) electrons. The average molecular weight is 291 g/mol. The first kappa shape index (κ1) is 18.5. The zero-order chi connectivity index (χ0) is 14.8. The molecular weight excluding hydrogens is 252 g/mol. The molecule has 0 N–H and O–H groups in total. The minimum absolute atomic E-state index is 1.27. The van der Waals surface area contributed by atoms with Crippen molar-refractivity contribution in [2.24, 2.45) is 0 Å². The highest BCUT2D eigenvalue weighted by atomic mass is 14.0. The van der Waals surface area contributed by atoms with Crippen molar-refractivity contribution in [3.8, 4) is 0 Å². The Balaban J connectivity index is 2.11. The number of rotatable bonds is 0. The van der Waals surface area contributed by atoms with Crippen molar-refractivity contribution in [1.82, 2.24) is 0 Å². The lowest BCUT2D eigenvalue weighted by atomic mass is 10.0. The van der Waals surface area contributed by atoms with E-state index in [-0.39, 0.29) is 0 Å². The fourth-order valence-corrected chi connectivity index (χ4v) is 3.17. The van der Waals surface area contributed by atoms with Gasteiger partial charge < -0.3 is 0 Å². The van der Waals surface area contributed by atoms with Gasteiger partial charge in [-0.15, -0.1) is 0 Å². The summed E-state index contributed by atoms with van der Waals surface area (Å²) in [5, 5.41) is 0. The van der Waals surface area contributed by atoms with Crippen molar-refractivity contribution in [2.45, 2.75) is 109 Å². The standard InChI is InChI=1S/C21H38/c1-2-4-6-8-10-12-14-16-18-20-21-19-17-15-13-11-9-7-5-3-1/h1-4H,5-21H2/b3-1+,4-2?. The summed E-state index contributed by atoms with van der Waals surface area (Å²) in [6.45, 7) is 0. The maximum atomic E-state index is 2.35. The van der Waals surface area contributed by atoms with Gasteiger partial charge in [-0.05, 0) is 25.7 Å². The van der Waals surface area contributed by atoms with Crippen LogP contribution >= 0.6 is 0 Å². The Hall–Kier alpha value is -0.520. The predicted molar refractivity (Wildman–Crippen MR) is 96.8 cm³/mol. The largest absolute Gasteiger partial charge is 0.0845 e. The summed E-state index contributed by atoms with van der Waals surface area (Å²) in [5.41, 5.74) is 0. The molecule has 0 aromatic heterocycles. The van der Waals surface area contributed by atoms with E-state index in [1.807, 2.05) is 0 Å². The van der Waals surface area contributed by atoms with Gasteiger partial charge in [0.15, 0.2) is 0 Å². The molecule has 1 rings (SSSR count). The summed E-state index contributed by atoms with van der Waals surface area (Å²) in [6, 6.07) is 0. The number of hydrogen-bond donors (Lipinski definition) is 0. The highest BCUT2D eigenvalue weighted by Crippen LogP contribution is 2.14. The number of hydrogen-bond acceptors (Lipinski definition) is 0. The molecule has 21 heavy (non-hydrogen) atoms. The summed E-state index contributed by atoms with van der Waals surface area (Å²) in [5.74, 6) is 0. The first-order valence-electron chi connectivity index (χ1n) is 9.82. The van der Waals surface area contributed by atoms with E-state index >= 15 is 0 Å². The summed E-state index contributed by atoms with van der Waals surface area (Å²) in [4.78, 5) is 0. The molecule has 0 nitrogen and oxygen atoms in total. The molecule has 0 saturated carbocycles. The zero-order valence-electron chi connectivity index (χ0n) is 14.3. The third kappa shape index (κ3) is 14.2. The molecule has 0 aromatic rings. The molecular formula is C21H38. The van der Waals surface area contributed by atoms with E-state index in [1.54, 1.807) is 0 Å². The Morgan fingerprint density at radius 1 is 0.286 bits per heavy atom. The minimum atomic E-state index is 1.27. The highest BCUT2D eigenvalue weighted by Gasteiger charge is 1.94.